The predicted molar refractivity (Wildman–Crippen MR) is 228 cm³/mol. The van der Waals surface area contributed by atoms with Crippen LogP contribution in [0.2, 0.25) is 0 Å². The molecule has 4 nitrogen and oxygen atoms in total. The number of hydrogen-bond donors (Lipinski definition) is 0. The van der Waals surface area contributed by atoms with E-state index in [0.29, 0.717) is 5.92 Å². The summed E-state index contributed by atoms with van der Waals surface area (Å²) < 4.78 is 5.84. The molecule has 56 heavy (non-hydrogen) atoms. The van der Waals surface area contributed by atoms with E-state index in [1.807, 2.05) is 30.6 Å². The molecular formula is C51H43IrN3O-2. The fraction of sp³-hybridized carbons (Fsp3) is 0.157. The molecule has 0 spiro atoms. The van der Waals surface area contributed by atoms with Crippen molar-refractivity contribution in [1.82, 2.24) is 15.0 Å². The van der Waals surface area contributed by atoms with Gasteiger partial charge in [0.05, 0.1) is 5.58 Å². The minimum atomic E-state index is 0. The van der Waals surface area contributed by atoms with Gasteiger partial charge < -0.3 is 9.40 Å². The topological polar surface area (TPSA) is 51.8 Å². The number of rotatable bonds is 6. The third-order valence-electron chi connectivity index (χ3n) is 10.4. The Balaban J connectivity index is 0.000000238. The van der Waals surface area contributed by atoms with Gasteiger partial charge in [-0.05, 0) is 94.7 Å². The number of aryl methyl sites for hydroxylation is 4. The summed E-state index contributed by atoms with van der Waals surface area (Å²) in [6, 6.07) is 47.4. The van der Waals surface area contributed by atoms with E-state index in [1.165, 1.54) is 44.2 Å². The monoisotopic (exact) mass is 906 g/mol. The second-order valence-electron chi connectivity index (χ2n) is 14.9. The summed E-state index contributed by atoms with van der Waals surface area (Å²) >= 11 is 0. The van der Waals surface area contributed by atoms with Crippen LogP contribution in [0.1, 0.15) is 41.8 Å². The number of pyridine rings is 3. The zero-order valence-electron chi connectivity index (χ0n) is 32.6. The van der Waals surface area contributed by atoms with E-state index in [9.17, 15) is 0 Å². The Bertz CT molecular complexity index is 2770. The van der Waals surface area contributed by atoms with Gasteiger partial charge in [-0.1, -0.05) is 128 Å². The van der Waals surface area contributed by atoms with Gasteiger partial charge in [0, 0.05) is 55.7 Å². The van der Waals surface area contributed by atoms with Crippen LogP contribution in [0.5, 0.6) is 0 Å². The summed E-state index contributed by atoms with van der Waals surface area (Å²) in [6.45, 7) is 12.8. The first kappa shape index (κ1) is 38.5. The van der Waals surface area contributed by atoms with Gasteiger partial charge >= 0.3 is 0 Å². The molecule has 0 aliphatic heterocycles. The van der Waals surface area contributed by atoms with Crippen LogP contribution < -0.4 is 0 Å². The molecule has 279 valence electrons. The van der Waals surface area contributed by atoms with Crippen LogP contribution >= 0.6 is 0 Å². The first-order chi connectivity index (χ1) is 26.7. The molecule has 0 amide bonds. The Morgan fingerprint density at radius 3 is 2.07 bits per heavy atom. The zero-order valence-corrected chi connectivity index (χ0v) is 35.0. The molecule has 5 heteroatoms. The molecule has 0 saturated carbocycles. The van der Waals surface area contributed by atoms with Gasteiger partial charge in [-0.2, -0.15) is 0 Å². The summed E-state index contributed by atoms with van der Waals surface area (Å²) in [4.78, 5) is 14.2. The molecule has 0 atom stereocenters. The molecule has 1 radical (unpaired) electrons. The molecule has 0 aliphatic rings. The van der Waals surface area contributed by atoms with Gasteiger partial charge in [0.15, 0.2) is 0 Å². The first-order valence-corrected chi connectivity index (χ1v) is 18.9. The van der Waals surface area contributed by atoms with Crippen molar-refractivity contribution in [3.63, 3.8) is 0 Å². The summed E-state index contributed by atoms with van der Waals surface area (Å²) in [6.07, 6.45) is 6.44. The van der Waals surface area contributed by atoms with Crippen molar-refractivity contribution in [1.29, 1.82) is 0 Å². The van der Waals surface area contributed by atoms with E-state index in [4.69, 9.17) is 14.4 Å². The van der Waals surface area contributed by atoms with Crippen LogP contribution in [0, 0.1) is 45.7 Å². The van der Waals surface area contributed by atoms with Crippen molar-refractivity contribution >= 4 is 32.6 Å². The Labute approximate surface area is 343 Å². The van der Waals surface area contributed by atoms with Crippen LogP contribution in [0.4, 0.5) is 0 Å². The molecule has 4 aromatic heterocycles. The molecule has 5 aromatic carbocycles. The normalized spacial score (nSPS) is 11.1. The summed E-state index contributed by atoms with van der Waals surface area (Å²) in [5, 5.41) is 4.35. The average molecular weight is 906 g/mol. The Morgan fingerprint density at radius 2 is 1.36 bits per heavy atom. The molecule has 0 fully saturated rings. The van der Waals surface area contributed by atoms with Crippen molar-refractivity contribution < 1.29 is 24.5 Å². The molecule has 9 aromatic rings. The molecule has 4 heterocycles. The average Bonchev–Trinajstić information content (AvgIpc) is 3.69. The molecule has 0 bridgehead atoms. The zero-order chi connectivity index (χ0) is 38.1. The third kappa shape index (κ3) is 8.11. The van der Waals surface area contributed by atoms with E-state index < -0.39 is 0 Å². The SMILES string of the molecule is CC(C)Cc1ccc2c(-c3cc(-c4ccc5cc(-c6ccccc6)ccc5c4)ccn3)[c-]c3ccoc3c2n1.Cc1c[c-]c(-c2cc(C)c(C)cn2)cc1C.[Ir]. The minimum absolute atomic E-state index is 0. The number of benzene rings is 5. The van der Waals surface area contributed by atoms with Crippen molar-refractivity contribution in [2.24, 2.45) is 5.92 Å². The molecule has 0 unspecified atom stereocenters. The fourth-order valence-electron chi connectivity index (χ4n) is 6.98. The van der Waals surface area contributed by atoms with Crippen molar-refractivity contribution in [2.45, 2.75) is 48.0 Å². The molecule has 0 aliphatic carbocycles. The van der Waals surface area contributed by atoms with Crippen molar-refractivity contribution in [3.05, 3.63) is 174 Å². The van der Waals surface area contributed by atoms with E-state index in [0.717, 1.165) is 67.6 Å². The maximum Gasteiger partial charge on any atom is 0.0847 e. The van der Waals surface area contributed by atoms with Crippen LogP contribution in [-0.4, -0.2) is 15.0 Å². The second kappa shape index (κ2) is 16.5. The first-order valence-electron chi connectivity index (χ1n) is 18.9. The van der Waals surface area contributed by atoms with Gasteiger partial charge in [0.25, 0.3) is 0 Å². The second-order valence-corrected chi connectivity index (χ2v) is 14.9. The van der Waals surface area contributed by atoms with Gasteiger partial charge in [-0.15, -0.1) is 41.0 Å². The van der Waals surface area contributed by atoms with Crippen LogP contribution in [0.25, 0.3) is 77.4 Å². The van der Waals surface area contributed by atoms with Gasteiger partial charge in [0.2, 0.25) is 0 Å². The molecule has 9 rings (SSSR count). The largest absolute Gasteiger partial charge is 0.506 e. The molecule has 0 N–H and O–H groups in total. The number of furan rings is 1. The molecule has 0 saturated heterocycles. The number of fused-ring (bicyclic) bond motifs is 4. The van der Waals surface area contributed by atoms with Crippen molar-refractivity contribution in [2.75, 3.05) is 0 Å². The Morgan fingerprint density at radius 1 is 0.643 bits per heavy atom. The van der Waals surface area contributed by atoms with Gasteiger partial charge in [-0.25, -0.2) is 0 Å². The van der Waals surface area contributed by atoms with E-state index in [-0.39, 0.29) is 20.1 Å². The number of nitrogens with zero attached hydrogens (tertiary/aromatic N) is 3. The van der Waals surface area contributed by atoms with Crippen LogP contribution in [0.15, 0.2) is 138 Å². The number of aromatic nitrogens is 3. The predicted octanol–water partition coefficient (Wildman–Crippen LogP) is 13.3. The quantitative estimate of drug-likeness (QED) is 0.156. The summed E-state index contributed by atoms with van der Waals surface area (Å²) in [5.74, 6) is 0.530. The maximum atomic E-state index is 5.84. The minimum Gasteiger partial charge on any atom is -0.506 e. The smallest absolute Gasteiger partial charge is 0.0847 e. The van der Waals surface area contributed by atoms with E-state index >= 15 is 0 Å². The maximum absolute atomic E-state index is 5.84. The van der Waals surface area contributed by atoms with Gasteiger partial charge in [0.1, 0.15) is 0 Å². The van der Waals surface area contributed by atoms with Crippen LogP contribution in [-0.2, 0) is 26.5 Å². The molecular weight excluding hydrogens is 863 g/mol. The number of hydrogen-bond acceptors (Lipinski definition) is 4. The van der Waals surface area contributed by atoms with Crippen molar-refractivity contribution in [3.8, 4) is 44.8 Å². The van der Waals surface area contributed by atoms with Crippen LogP contribution in [0.3, 0.4) is 0 Å². The summed E-state index contributed by atoms with van der Waals surface area (Å²) in [5.41, 5.74) is 16.4. The van der Waals surface area contributed by atoms with Gasteiger partial charge in [-0.3, -0.25) is 9.97 Å². The standard InChI is InChI=1S/C36H27N2O.C15H16N.Ir/c1-23(2)18-31-12-13-32-33(21-30-15-17-39-36(30)35(32)38-31)34-22-29(14-16-37-34)28-11-10-26-19-25(8-9-27(26)20-28)24-6-4-3-5-7-24;1-10-5-6-14(7-11(10)2)15-8-12(3)13(4)9-16-15;/h3-17,19-20,22-23H,18H2,1-2H3;5,7-9H,1-4H3;/q2*-1;. The fourth-order valence-corrected chi connectivity index (χ4v) is 6.98. The van der Waals surface area contributed by atoms with E-state index in [2.05, 4.69) is 156 Å². The Hall–Kier alpha value is -5.74. The Kier molecular flexibility index (Phi) is 11.4. The third-order valence-corrected chi connectivity index (χ3v) is 10.4. The summed E-state index contributed by atoms with van der Waals surface area (Å²) in [7, 11) is 0. The van der Waals surface area contributed by atoms with E-state index in [1.54, 1.807) is 6.26 Å².